The summed E-state index contributed by atoms with van der Waals surface area (Å²) in [5, 5.41) is 12.2. The number of rotatable bonds is 4. The Kier molecular flexibility index (Phi) is 3.20. The van der Waals surface area contributed by atoms with Crippen molar-refractivity contribution in [2.45, 2.75) is 57.7 Å². The van der Waals surface area contributed by atoms with Crippen molar-refractivity contribution in [3.05, 3.63) is 24.3 Å². The van der Waals surface area contributed by atoms with Crippen molar-refractivity contribution in [2.24, 2.45) is 5.92 Å². The van der Waals surface area contributed by atoms with Crippen molar-refractivity contribution < 1.29 is 0 Å². The van der Waals surface area contributed by atoms with E-state index in [4.69, 9.17) is 0 Å². The van der Waals surface area contributed by atoms with Gasteiger partial charge in [-0.3, -0.25) is 0 Å². The zero-order valence-electron chi connectivity index (χ0n) is 11.1. The van der Waals surface area contributed by atoms with Gasteiger partial charge < -0.3 is 9.88 Å². The molecule has 0 amide bonds. The van der Waals surface area contributed by atoms with Crippen LogP contribution >= 0.6 is 0 Å². The van der Waals surface area contributed by atoms with Gasteiger partial charge in [-0.2, -0.15) is 0 Å². The minimum atomic E-state index is 0.755. The van der Waals surface area contributed by atoms with Crippen molar-refractivity contribution in [1.29, 1.82) is 0 Å². The maximum absolute atomic E-state index is 4.34. The fourth-order valence-corrected chi connectivity index (χ4v) is 3.54. The lowest BCUT2D eigenvalue weighted by Crippen LogP contribution is -2.38. The summed E-state index contributed by atoms with van der Waals surface area (Å²) < 4.78 is 2.19. The molecule has 1 aromatic heterocycles. The Morgan fingerprint density at radius 3 is 2.72 bits per heavy atom. The summed E-state index contributed by atoms with van der Waals surface area (Å²) >= 11 is 0. The third kappa shape index (κ3) is 2.21. The Labute approximate surface area is 108 Å². The number of hydrogen-bond acceptors (Lipinski definition) is 3. The van der Waals surface area contributed by atoms with Crippen LogP contribution in [0, 0.1) is 12.8 Å². The summed E-state index contributed by atoms with van der Waals surface area (Å²) in [6.45, 7) is 6.66. The fraction of sp³-hybridized carbons (Fsp3) is 0.714. The SMILES string of the molecule is C=CCn1c(C)nnc1CC1CC2CCC(C1)N2. The van der Waals surface area contributed by atoms with E-state index in [2.05, 4.69) is 26.7 Å². The first-order chi connectivity index (χ1) is 8.76. The highest BCUT2D eigenvalue weighted by atomic mass is 15.3. The van der Waals surface area contributed by atoms with Crippen LogP contribution in [0.4, 0.5) is 0 Å². The third-order valence-electron chi connectivity index (χ3n) is 4.37. The molecule has 0 aliphatic carbocycles. The van der Waals surface area contributed by atoms with Gasteiger partial charge in [0.05, 0.1) is 0 Å². The average molecular weight is 246 g/mol. The number of piperidine rings is 1. The fourth-order valence-electron chi connectivity index (χ4n) is 3.54. The second kappa shape index (κ2) is 4.84. The van der Waals surface area contributed by atoms with Gasteiger partial charge in [-0.15, -0.1) is 16.8 Å². The molecule has 18 heavy (non-hydrogen) atoms. The van der Waals surface area contributed by atoms with E-state index < -0.39 is 0 Å². The molecule has 98 valence electrons. The lowest BCUT2D eigenvalue weighted by molar-refractivity contribution is 0.293. The van der Waals surface area contributed by atoms with E-state index >= 15 is 0 Å². The summed E-state index contributed by atoms with van der Waals surface area (Å²) in [6, 6.07) is 1.51. The Morgan fingerprint density at radius 2 is 2.06 bits per heavy atom. The van der Waals surface area contributed by atoms with Gasteiger partial charge in [0.2, 0.25) is 0 Å². The number of allylic oxidation sites excluding steroid dienone is 1. The number of aromatic nitrogens is 3. The van der Waals surface area contributed by atoms with Gasteiger partial charge in [-0.1, -0.05) is 6.08 Å². The van der Waals surface area contributed by atoms with E-state index in [1.807, 2.05) is 13.0 Å². The Bertz CT molecular complexity index is 425. The number of nitrogens with zero attached hydrogens (tertiary/aromatic N) is 3. The molecule has 2 saturated heterocycles. The summed E-state index contributed by atoms with van der Waals surface area (Å²) in [4.78, 5) is 0. The number of aryl methyl sites for hydroxylation is 1. The van der Waals surface area contributed by atoms with Crippen molar-refractivity contribution in [3.63, 3.8) is 0 Å². The van der Waals surface area contributed by atoms with E-state index in [0.29, 0.717) is 0 Å². The van der Waals surface area contributed by atoms with E-state index in [1.165, 1.54) is 25.7 Å². The van der Waals surface area contributed by atoms with Gasteiger partial charge in [0, 0.05) is 25.0 Å². The van der Waals surface area contributed by atoms with E-state index in [0.717, 1.165) is 42.6 Å². The number of nitrogens with one attached hydrogen (secondary N) is 1. The molecule has 1 N–H and O–H groups in total. The molecular formula is C14H22N4. The highest BCUT2D eigenvalue weighted by Gasteiger charge is 2.33. The minimum Gasteiger partial charge on any atom is -0.311 e. The largest absolute Gasteiger partial charge is 0.311 e. The molecule has 1 aromatic rings. The zero-order valence-corrected chi connectivity index (χ0v) is 11.1. The van der Waals surface area contributed by atoms with Crippen molar-refractivity contribution in [3.8, 4) is 0 Å². The minimum absolute atomic E-state index is 0.755. The monoisotopic (exact) mass is 246 g/mol. The van der Waals surface area contributed by atoms with Gasteiger partial charge in [0.1, 0.15) is 11.6 Å². The van der Waals surface area contributed by atoms with Crippen LogP contribution in [-0.2, 0) is 13.0 Å². The summed E-state index contributed by atoms with van der Waals surface area (Å²) in [5.74, 6) is 2.91. The maximum Gasteiger partial charge on any atom is 0.133 e. The van der Waals surface area contributed by atoms with Crippen LogP contribution in [0.1, 0.15) is 37.3 Å². The van der Waals surface area contributed by atoms with Crippen molar-refractivity contribution in [1.82, 2.24) is 20.1 Å². The molecule has 3 heterocycles. The van der Waals surface area contributed by atoms with Gasteiger partial charge in [-0.25, -0.2) is 0 Å². The third-order valence-corrected chi connectivity index (χ3v) is 4.37. The highest BCUT2D eigenvalue weighted by Crippen LogP contribution is 2.32. The second-order valence-corrected chi connectivity index (χ2v) is 5.74. The molecule has 2 aliphatic heterocycles. The smallest absolute Gasteiger partial charge is 0.133 e. The van der Waals surface area contributed by atoms with Gasteiger partial charge in [-0.05, 0) is 38.5 Å². The van der Waals surface area contributed by atoms with E-state index in [1.54, 1.807) is 0 Å². The Morgan fingerprint density at radius 1 is 1.33 bits per heavy atom. The van der Waals surface area contributed by atoms with E-state index in [9.17, 15) is 0 Å². The van der Waals surface area contributed by atoms with Crippen LogP contribution in [0.2, 0.25) is 0 Å². The van der Waals surface area contributed by atoms with Gasteiger partial charge >= 0.3 is 0 Å². The predicted molar refractivity (Wildman–Crippen MR) is 71.3 cm³/mol. The van der Waals surface area contributed by atoms with Crippen LogP contribution in [0.25, 0.3) is 0 Å². The summed E-state index contributed by atoms with van der Waals surface area (Å²) in [6.07, 6.45) is 8.32. The van der Waals surface area contributed by atoms with Crippen LogP contribution < -0.4 is 5.32 Å². The van der Waals surface area contributed by atoms with Crippen LogP contribution in [0.5, 0.6) is 0 Å². The molecule has 4 heteroatoms. The van der Waals surface area contributed by atoms with E-state index in [-0.39, 0.29) is 0 Å². The summed E-state index contributed by atoms with van der Waals surface area (Å²) in [5.41, 5.74) is 0. The topological polar surface area (TPSA) is 42.7 Å². The normalized spacial score (nSPS) is 30.6. The molecular weight excluding hydrogens is 224 g/mol. The number of hydrogen-bond donors (Lipinski definition) is 1. The van der Waals surface area contributed by atoms with Crippen LogP contribution in [-0.4, -0.2) is 26.8 Å². The van der Waals surface area contributed by atoms with Gasteiger partial charge in [0.15, 0.2) is 0 Å². The molecule has 2 aliphatic rings. The molecule has 2 atom stereocenters. The molecule has 3 rings (SSSR count). The standard InChI is InChI=1S/C14H22N4/c1-3-6-18-10(2)16-17-14(18)9-11-7-12-4-5-13(8-11)15-12/h3,11-13,15H,1,4-9H2,2H3. The molecule has 0 aromatic carbocycles. The first kappa shape index (κ1) is 11.9. The lowest BCUT2D eigenvalue weighted by atomic mass is 9.89. The number of fused-ring (bicyclic) bond motifs is 2. The molecule has 2 unspecified atom stereocenters. The van der Waals surface area contributed by atoms with Crippen molar-refractivity contribution in [2.75, 3.05) is 0 Å². The quantitative estimate of drug-likeness (QED) is 0.824. The van der Waals surface area contributed by atoms with Crippen LogP contribution in [0.15, 0.2) is 12.7 Å². The van der Waals surface area contributed by atoms with Gasteiger partial charge in [0.25, 0.3) is 0 Å². The van der Waals surface area contributed by atoms with Crippen molar-refractivity contribution >= 4 is 0 Å². The maximum atomic E-state index is 4.34. The second-order valence-electron chi connectivity index (χ2n) is 5.74. The molecule has 2 fully saturated rings. The molecule has 0 radical (unpaired) electrons. The zero-order chi connectivity index (χ0) is 12.5. The molecule has 0 saturated carbocycles. The first-order valence-electron chi connectivity index (χ1n) is 7.02. The lowest BCUT2D eigenvalue weighted by Gasteiger charge is -2.28. The first-order valence-corrected chi connectivity index (χ1v) is 7.02. The Balaban J connectivity index is 1.70. The predicted octanol–water partition coefficient (Wildman–Crippen LogP) is 1.85. The Hall–Kier alpha value is -1.16. The molecule has 4 nitrogen and oxygen atoms in total. The van der Waals surface area contributed by atoms with Crippen LogP contribution in [0.3, 0.4) is 0 Å². The molecule has 0 spiro atoms. The molecule has 2 bridgehead atoms. The summed E-state index contributed by atoms with van der Waals surface area (Å²) in [7, 11) is 0. The average Bonchev–Trinajstić information content (AvgIpc) is 2.86. The highest BCUT2D eigenvalue weighted by molar-refractivity contribution is 5.00.